The average molecular weight is 439 g/mol. The van der Waals surface area contributed by atoms with Gasteiger partial charge in [-0.15, -0.1) is 11.3 Å². The number of carbonyl (C=O) groups is 2. The molecule has 1 atom stereocenters. The van der Waals surface area contributed by atoms with Crippen molar-refractivity contribution >= 4 is 28.3 Å². The van der Waals surface area contributed by atoms with Crippen LogP contribution in [0.2, 0.25) is 0 Å². The maximum absolute atomic E-state index is 12.2. The molecule has 1 fully saturated rings. The molecule has 31 heavy (non-hydrogen) atoms. The van der Waals surface area contributed by atoms with Crippen molar-refractivity contribution in [2.24, 2.45) is 0 Å². The first-order valence-corrected chi connectivity index (χ1v) is 10.7. The Morgan fingerprint density at radius 3 is 2.61 bits per heavy atom. The number of pyridine rings is 2. The Morgan fingerprint density at radius 1 is 1.16 bits per heavy atom. The van der Waals surface area contributed by atoms with E-state index in [0.717, 1.165) is 16.8 Å². The van der Waals surface area contributed by atoms with E-state index in [2.05, 4.69) is 25.6 Å². The molecule has 3 aromatic heterocycles. The third kappa shape index (κ3) is 5.29. The summed E-state index contributed by atoms with van der Waals surface area (Å²) < 4.78 is 5.88. The summed E-state index contributed by atoms with van der Waals surface area (Å²) in [6.07, 6.45) is 4.88. The molecule has 9 nitrogen and oxygen atoms in total. The van der Waals surface area contributed by atoms with E-state index in [9.17, 15) is 9.59 Å². The maximum Gasteiger partial charge on any atom is 0.269 e. The van der Waals surface area contributed by atoms with Crippen LogP contribution in [0.5, 0.6) is 0 Å². The van der Waals surface area contributed by atoms with Gasteiger partial charge in [-0.3, -0.25) is 24.5 Å². The number of hydrogen-bond donors (Lipinski definition) is 2. The van der Waals surface area contributed by atoms with Crippen molar-refractivity contribution in [3.05, 3.63) is 59.6 Å². The Hall–Kier alpha value is -3.21. The van der Waals surface area contributed by atoms with Crippen molar-refractivity contribution < 1.29 is 14.3 Å². The predicted octanol–water partition coefficient (Wildman–Crippen LogP) is 1.97. The number of nitrogens with zero attached hydrogens (tertiary/aromatic N) is 4. The van der Waals surface area contributed by atoms with E-state index in [1.165, 1.54) is 11.3 Å². The fourth-order valence-electron chi connectivity index (χ4n) is 3.27. The summed E-state index contributed by atoms with van der Waals surface area (Å²) in [4.78, 5) is 38.7. The van der Waals surface area contributed by atoms with Gasteiger partial charge < -0.3 is 15.4 Å². The van der Waals surface area contributed by atoms with Crippen molar-refractivity contribution in [2.75, 3.05) is 38.6 Å². The van der Waals surface area contributed by atoms with E-state index in [1.807, 2.05) is 28.5 Å². The Kier molecular flexibility index (Phi) is 6.60. The van der Waals surface area contributed by atoms with Gasteiger partial charge in [0.15, 0.2) is 5.13 Å². The van der Waals surface area contributed by atoms with Crippen molar-refractivity contribution in [1.82, 2.24) is 25.2 Å². The Labute approximate surface area is 183 Å². The summed E-state index contributed by atoms with van der Waals surface area (Å²) >= 11 is 1.39. The predicted molar refractivity (Wildman–Crippen MR) is 117 cm³/mol. The van der Waals surface area contributed by atoms with Gasteiger partial charge in [-0.25, -0.2) is 4.98 Å². The Morgan fingerprint density at radius 2 is 1.97 bits per heavy atom. The normalized spacial score (nSPS) is 16.6. The summed E-state index contributed by atoms with van der Waals surface area (Å²) in [5.74, 6) is -0.314. The number of ether oxygens (including phenoxy) is 1. The Bertz CT molecular complexity index is 1020. The minimum absolute atomic E-state index is 0.0911. The number of amides is 2. The molecule has 1 aliphatic rings. The molecule has 1 saturated heterocycles. The lowest BCUT2D eigenvalue weighted by atomic mass is 10.1. The first-order valence-electron chi connectivity index (χ1n) is 9.80. The summed E-state index contributed by atoms with van der Waals surface area (Å²) in [7, 11) is 1.57. The van der Waals surface area contributed by atoms with Crippen LogP contribution in [0, 0.1) is 0 Å². The number of carbonyl (C=O) groups excluding carboxylic acids is 2. The summed E-state index contributed by atoms with van der Waals surface area (Å²) in [5, 5.41) is 7.78. The molecular formula is C21H22N6O3S. The van der Waals surface area contributed by atoms with Crippen molar-refractivity contribution in [2.45, 2.75) is 6.10 Å². The molecule has 2 amide bonds. The van der Waals surface area contributed by atoms with Gasteiger partial charge in [0.25, 0.3) is 5.91 Å². The fraction of sp³-hybridized carbons (Fsp3) is 0.286. The molecule has 3 aromatic rings. The average Bonchev–Trinajstić information content (AvgIpc) is 3.32. The molecule has 1 aliphatic heterocycles. The van der Waals surface area contributed by atoms with E-state index in [-0.39, 0.29) is 24.5 Å². The molecule has 4 rings (SSSR count). The molecule has 0 spiro atoms. The summed E-state index contributed by atoms with van der Waals surface area (Å²) in [6.45, 7) is 2.08. The monoisotopic (exact) mass is 438 g/mol. The molecule has 2 N–H and O–H groups in total. The molecule has 0 aromatic carbocycles. The van der Waals surface area contributed by atoms with Crippen LogP contribution in [0.15, 0.2) is 48.2 Å². The lowest BCUT2D eigenvalue weighted by molar-refractivity contribution is -0.119. The third-order valence-electron chi connectivity index (χ3n) is 4.87. The van der Waals surface area contributed by atoms with Crippen molar-refractivity contribution in [1.29, 1.82) is 0 Å². The standard InChI is InChI=1S/C21H22N6O3S/c1-22-20(29)17-5-3-15(11-25-17)14-2-4-16(24-10-14)18-12-27(7-8-30-18)13-19(28)26-21-23-6-9-31-21/h2-6,9-11,18H,7-8,12-13H2,1H3,(H,22,29)(H,23,26,28). The lowest BCUT2D eigenvalue weighted by Gasteiger charge is -2.32. The van der Waals surface area contributed by atoms with Crippen LogP contribution in [-0.4, -0.2) is 65.0 Å². The molecule has 0 radical (unpaired) electrons. The SMILES string of the molecule is CNC(=O)c1ccc(-c2ccc(C3CN(CC(=O)Nc4nccs4)CCO3)nc2)cn1. The van der Waals surface area contributed by atoms with Gasteiger partial charge in [-0.1, -0.05) is 12.1 Å². The summed E-state index contributed by atoms with van der Waals surface area (Å²) in [6, 6.07) is 7.40. The lowest BCUT2D eigenvalue weighted by Crippen LogP contribution is -2.42. The molecule has 0 aliphatic carbocycles. The number of anilines is 1. The smallest absolute Gasteiger partial charge is 0.269 e. The molecular weight excluding hydrogens is 416 g/mol. The van der Waals surface area contributed by atoms with Crippen molar-refractivity contribution in [3.8, 4) is 11.1 Å². The van der Waals surface area contributed by atoms with Crippen LogP contribution in [0.25, 0.3) is 11.1 Å². The Balaban J connectivity index is 1.37. The van der Waals surface area contributed by atoms with Gasteiger partial charge >= 0.3 is 0 Å². The fourth-order valence-corrected chi connectivity index (χ4v) is 3.81. The number of thiazole rings is 1. The highest BCUT2D eigenvalue weighted by Gasteiger charge is 2.24. The van der Waals surface area contributed by atoms with E-state index in [1.54, 1.807) is 31.7 Å². The molecule has 10 heteroatoms. The van der Waals surface area contributed by atoms with E-state index >= 15 is 0 Å². The van der Waals surface area contributed by atoms with Gasteiger partial charge in [0.1, 0.15) is 11.8 Å². The van der Waals surface area contributed by atoms with Crippen LogP contribution >= 0.6 is 11.3 Å². The van der Waals surface area contributed by atoms with Crippen LogP contribution in [-0.2, 0) is 9.53 Å². The second kappa shape index (κ2) is 9.73. The topological polar surface area (TPSA) is 109 Å². The zero-order valence-corrected chi connectivity index (χ0v) is 17.8. The molecule has 0 bridgehead atoms. The highest BCUT2D eigenvalue weighted by atomic mass is 32.1. The zero-order chi connectivity index (χ0) is 21.6. The summed E-state index contributed by atoms with van der Waals surface area (Å²) in [5.41, 5.74) is 2.95. The number of rotatable bonds is 6. The van der Waals surface area contributed by atoms with Gasteiger partial charge in [0.2, 0.25) is 5.91 Å². The van der Waals surface area contributed by atoms with Gasteiger partial charge in [-0.05, 0) is 12.1 Å². The maximum atomic E-state index is 12.2. The first-order chi connectivity index (χ1) is 15.1. The molecule has 4 heterocycles. The van der Waals surface area contributed by atoms with Crippen LogP contribution in [0.1, 0.15) is 22.3 Å². The molecule has 0 saturated carbocycles. The zero-order valence-electron chi connectivity index (χ0n) is 16.9. The van der Waals surface area contributed by atoms with Crippen LogP contribution in [0.3, 0.4) is 0 Å². The van der Waals surface area contributed by atoms with Gasteiger partial charge in [-0.2, -0.15) is 0 Å². The van der Waals surface area contributed by atoms with E-state index < -0.39 is 0 Å². The number of aromatic nitrogens is 3. The van der Waals surface area contributed by atoms with E-state index in [0.29, 0.717) is 30.5 Å². The second-order valence-corrected chi connectivity index (χ2v) is 7.86. The second-order valence-electron chi connectivity index (χ2n) is 6.96. The number of nitrogens with one attached hydrogen (secondary N) is 2. The number of morpholine rings is 1. The van der Waals surface area contributed by atoms with Gasteiger partial charge in [0.05, 0.1) is 18.8 Å². The number of hydrogen-bond acceptors (Lipinski definition) is 8. The van der Waals surface area contributed by atoms with Gasteiger partial charge in [0, 0.05) is 55.2 Å². The van der Waals surface area contributed by atoms with E-state index in [4.69, 9.17) is 4.74 Å². The highest BCUT2D eigenvalue weighted by molar-refractivity contribution is 7.13. The molecule has 160 valence electrons. The van der Waals surface area contributed by atoms with Crippen LogP contribution < -0.4 is 10.6 Å². The molecule has 1 unspecified atom stereocenters. The highest BCUT2D eigenvalue weighted by Crippen LogP contribution is 2.24. The first kappa shape index (κ1) is 21.0. The van der Waals surface area contributed by atoms with Crippen LogP contribution in [0.4, 0.5) is 5.13 Å². The van der Waals surface area contributed by atoms with Crippen molar-refractivity contribution in [3.63, 3.8) is 0 Å². The minimum Gasteiger partial charge on any atom is -0.369 e. The largest absolute Gasteiger partial charge is 0.369 e. The minimum atomic E-state index is -0.223. The quantitative estimate of drug-likeness (QED) is 0.606. The third-order valence-corrected chi connectivity index (χ3v) is 5.56.